The van der Waals surface area contributed by atoms with E-state index >= 15 is 0 Å². The van der Waals surface area contributed by atoms with Crippen LogP contribution < -0.4 is 10.0 Å². The maximum atomic E-state index is 12.8. The van der Waals surface area contributed by atoms with Gasteiger partial charge in [0.2, 0.25) is 4.34 Å². The fourth-order valence-electron chi connectivity index (χ4n) is 2.03. The molecule has 0 aliphatic rings. The molecule has 1 heterocycles. The first-order valence-corrected chi connectivity index (χ1v) is 9.85. The van der Waals surface area contributed by atoms with Gasteiger partial charge in [0.25, 0.3) is 10.0 Å². The molecular weight excluding hydrogens is 391 g/mol. The minimum atomic E-state index is -4.79. The number of hydrogen-bond acceptors (Lipinski definition) is 6. The Balaban J connectivity index is 1.97. The zero-order valence-electron chi connectivity index (χ0n) is 13.9. The Morgan fingerprint density at radius 3 is 2.38 bits per heavy atom. The lowest BCUT2D eigenvalue weighted by Gasteiger charge is -2.27. The van der Waals surface area contributed by atoms with E-state index in [9.17, 15) is 26.7 Å². The van der Waals surface area contributed by atoms with Crippen LogP contribution in [0.3, 0.4) is 0 Å². The number of benzene rings is 1. The first-order chi connectivity index (χ1) is 11.9. The molecule has 1 aromatic carbocycles. The van der Waals surface area contributed by atoms with Crippen LogP contribution >= 0.6 is 11.3 Å². The molecule has 0 bridgehead atoms. The molecular formula is C15H18F3N3O3S2. The first-order valence-electron chi connectivity index (χ1n) is 7.49. The number of halogens is 3. The summed E-state index contributed by atoms with van der Waals surface area (Å²) in [5.41, 5.74) is -2.74. The van der Waals surface area contributed by atoms with Crippen LogP contribution in [0.25, 0.3) is 0 Å². The molecule has 6 nitrogen and oxygen atoms in total. The van der Waals surface area contributed by atoms with E-state index in [1.54, 1.807) is 12.3 Å². The number of rotatable bonds is 7. The fraction of sp³-hybridized carbons (Fsp3) is 0.400. The van der Waals surface area contributed by atoms with E-state index in [1.807, 2.05) is 0 Å². The minimum Gasteiger partial charge on any atom is -0.381 e. The Bertz CT molecular complexity index is 820. The molecule has 1 aromatic heterocycles. The molecule has 2 atom stereocenters. The molecule has 0 fully saturated rings. The topological polar surface area (TPSA) is 91.3 Å². The Morgan fingerprint density at radius 1 is 1.27 bits per heavy atom. The van der Waals surface area contributed by atoms with Gasteiger partial charge in [-0.3, -0.25) is 0 Å². The number of nitrogens with one attached hydrogen (secondary N) is 2. The zero-order chi connectivity index (χ0) is 19.6. The smallest absolute Gasteiger partial charge is 0.381 e. The highest BCUT2D eigenvalue weighted by atomic mass is 32.2. The maximum Gasteiger partial charge on any atom is 0.421 e. The normalized spacial score (nSPS) is 16.1. The van der Waals surface area contributed by atoms with E-state index in [0.717, 1.165) is 11.3 Å². The predicted octanol–water partition coefficient (Wildman–Crippen LogP) is 2.69. The van der Waals surface area contributed by atoms with E-state index < -0.39 is 21.8 Å². The summed E-state index contributed by atoms with van der Waals surface area (Å²) < 4.78 is 64.8. The van der Waals surface area contributed by atoms with Crippen LogP contribution in [0.5, 0.6) is 0 Å². The van der Waals surface area contributed by atoms with Crippen LogP contribution in [-0.4, -0.2) is 37.3 Å². The lowest BCUT2D eigenvalue weighted by atomic mass is 9.95. The van der Waals surface area contributed by atoms with Gasteiger partial charge in [-0.15, -0.1) is 11.3 Å². The summed E-state index contributed by atoms with van der Waals surface area (Å²) in [5, 5.41) is 14.2. The average Bonchev–Trinajstić information content (AvgIpc) is 3.08. The molecule has 2 aromatic rings. The van der Waals surface area contributed by atoms with Crippen molar-refractivity contribution in [1.82, 2.24) is 9.71 Å². The molecule has 0 spiro atoms. The number of aliphatic hydroxyl groups is 1. The van der Waals surface area contributed by atoms with Gasteiger partial charge in [0.15, 0.2) is 5.60 Å². The number of thiazole rings is 1. The van der Waals surface area contributed by atoms with Crippen molar-refractivity contribution >= 4 is 27.0 Å². The number of sulfonamides is 1. The van der Waals surface area contributed by atoms with Gasteiger partial charge < -0.3 is 10.4 Å². The number of nitrogens with zero attached hydrogens (tertiary/aromatic N) is 1. The first kappa shape index (κ1) is 20.6. The molecule has 0 saturated heterocycles. The number of anilines is 1. The Hall–Kier alpha value is -1.69. The van der Waals surface area contributed by atoms with Crippen molar-refractivity contribution in [3.8, 4) is 0 Å². The van der Waals surface area contributed by atoms with Gasteiger partial charge in [0, 0.05) is 29.9 Å². The highest BCUT2D eigenvalue weighted by molar-refractivity contribution is 7.91. The van der Waals surface area contributed by atoms with Crippen LogP contribution in [-0.2, 0) is 15.6 Å². The van der Waals surface area contributed by atoms with E-state index in [4.69, 9.17) is 0 Å². The number of alkyl halides is 3. The lowest BCUT2D eigenvalue weighted by molar-refractivity contribution is -0.258. The summed E-state index contributed by atoms with van der Waals surface area (Å²) in [4.78, 5) is 3.73. The molecule has 0 saturated carbocycles. The molecule has 0 amide bonds. The molecule has 1 unspecified atom stereocenters. The quantitative estimate of drug-likeness (QED) is 0.654. The average molecular weight is 409 g/mol. The Kier molecular flexibility index (Phi) is 5.95. The second-order valence-corrected chi connectivity index (χ2v) is 8.68. The third kappa shape index (κ3) is 4.72. The summed E-state index contributed by atoms with van der Waals surface area (Å²) in [5.74, 6) is 0. The summed E-state index contributed by atoms with van der Waals surface area (Å²) >= 11 is 0.994. The van der Waals surface area contributed by atoms with E-state index in [-0.39, 0.29) is 22.5 Å². The van der Waals surface area contributed by atoms with E-state index in [0.29, 0.717) is 12.6 Å². The van der Waals surface area contributed by atoms with E-state index in [2.05, 4.69) is 15.0 Å². The monoisotopic (exact) mass is 409 g/mol. The van der Waals surface area contributed by atoms with Crippen LogP contribution in [0.4, 0.5) is 18.9 Å². The summed E-state index contributed by atoms with van der Waals surface area (Å²) in [7, 11) is -3.69. The van der Waals surface area contributed by atoms with Crippen LogP contribution in [0.2, 0.25) is 0 Å². The van der Waals surface area contributed by atoms with Gasteiger partial charge in [0.1, 0.15) is 0 Å². The Labute approximate surface area is 153 Å². The van der Waals surface area contributed by atoms with Crippen LogP contribution in [0, 0.1) is 0 Å². The van der Waals surface area contributed by atoms with Crippen molar-refractivity contribution in [2.75, 3.05) is 11.9 Å². The van der Waals surface area contributed by atoms with E-state index in [1.165, 1.54) is 30.5 Å². The van der Waals surface area contributed by atoms with Crippen LogP contribution in [0.15, 0.2) is 40.2 Å². The minimum absolute atomic E-state index is 0.0385. The second kappa shape index (κ2) is 7.51. The zero-order valence-corrected chi connectivity index (χ0v) is 15.5. The predicted molar refractivity (Wildman–Crippen MR) is 92.5 cm³/mol. The van der Waals surface area contributed by atoms with Crippen LogP contribution in [0.1, 0.15) is 19.4 Å². The second-order valence-electron chi connectivity index (χ2n) is 5.84. The largest absolute Gasteiger partial charge is 0.421 e. The standard InChI is InChI=1S/C15H18F3N3O3S2/c1-10(9-20-26(23,24)13-19-7-8-25-13)21-12-5-3-11(4-6-12)14(2,22)15(16,17)18/h3-8,10,20-22H,9H2,1-2H3/t10-,14?/m0/s1. The number of hydrogen-bond donors (Lipinski definition) is 3. The molecule has 144 valence electrons. The third-order valence-corrected chi connectivity index (χ3v) is 6.25. The van der Waals surface area contributed by atoms with Gasteiger partial charge in [-0.1, -0.05) is 12.1 Å². The molecule has 3 N–H and O–H groups in total. The van der Waals surface area contributed by atoms with Crippen molar-refractivity contribution in [2.45, 2.75) is 36.0 Å². The summed E-state index contributed by atoms with van der Waals surface area (Å²) in [6.45, 7) is 2.46. The summed E-state index contributed by atoms with van der Waals surface area (Å²) in [6.07, 6.45) is -3.40. The highest BCUT2D eigenvalue weighted by Crippen LogP contribution is 2.38. The third-order valence-electron chi connectivity index (χ3n) is 3.63. The van der Waals surface area contributed by atoms with Gasteiger partial charge >= 0.3 is 6.18 Å². The molecule has 0 aliphatic carbocycles. The highest BCUT2D eigenvalue weighted by Gasteiger charge is 2.51. The molecule has 11 heteroatoms. The van der Waals surface area contributed by atoms with Gasteiger partial charge in [-0.2, -0.15) is 13.2 Å². The van der Waals surface area contributed by atoms with Crippen molar-refractivity contribution in [2.24, 2.45) is 0 Å². The van der Waals surface area contributed by atoms with Gasteiger partial charge in [-0.25, -0.2) is 18.1 Å². The van der Waals surface area contributed by atoms with Crippen molar-refractivity contribution in [1.29, 1.82) is 0 Å². The van der Waals surface area contributed by atoms with Gasteiger partial charge in [-0.05, 0) is 31.5 Å². The SMILES string of the molecule is C[C@@H](CNS(=O)(=O)c1nccs1)Nc1ccc(C(C)(O)C(F)(F)F)cc1. The summed E-state index contributed by atoms with van der Waals surface area (Å²) in [6, 6.07) is 4.78. The maximum absolute atomic E-state index is 12.8. The molecule has 0 aliphatic heterocycles. The van der Waals surface area contributed by atoms with Gasteiger partial charge in [0.05, 0.1) is 0 Å². The molecule has 0 radical (unpaired) electrons. The molecule has 2 rings (SSSR count). The van der Waals surface area contributed by atoms with Crippen molar-refractivity contribution in [3.63, 3.8) is 0 Å². The molecule has 26 heavy (non-hydrogen) atoms. The van der Waals surface area contributed by atoms with Crippen molar-refractivity contribution in [3.05, 3.63) is 41.4 Å². The Morgan fingerprint density at radius 2 is 1.88 bits per heavy atom. The fourth-order valence-corrected chi connectivity index (χ4v) is 4.03. The van der Waals surface area contributed by atoms with Crippen molar-refractivity contribution < 1.29 is 26.7 Å². The number of aromatic nitrogens is 1. The lowest BCUT2D eigenvalue weighted by Crippen LogP contribution is -2.39.